The Kier molecular flexibility index (Phi) is 6.51. The standard InChI is InChI=1S/C22H20O8/c1-5-12(23)16-10(4)17-14(30-15(25)7-3)9-8-11(21(26)27)18(17)20(22(28)29)19(16)13(24)6-2/h7-9H,3,5-6H2,1-2,4H3,(H,26,27)(H,28,29). The first-order chi connectivity index (χ1) is 14.1. The molecule has 2 aromatic rings. The maximum Gasteiger partial charge on any atom is 0.337 e. The quantitative estimate of drug-likeness (QED) is 0.289. The summed E-state index contributed by atoms with van der Waals surface area (Å²) in [6, 6.07) is 2.29. The molecule has 0 aromatic heterocycles. The predicted octanol–water partition coefficient (Wildman–Crippen LogP) is 3.82. The number of hydrogen-bond acceptors (Lipinski definition) is 6. The molecular formula is C22H20O8. The highest BCUT2D eigenvalue weighted by molar-refractivity contribution is 6.25. The third kappa shape index (κ3) is 3.71. The highest BCUT2D eigenvalue weighted by Crippen LogP contribution is 2.39. The normalized spacial score (nSPS) is 10.5. The van der Waals surface area contributed by atoms with E-state index in [1.165, 1.54) is 19.9 Å². The van der Waals surface area contributed by atoms with Gasteiger partial charge in [-0.15, -0.1) is 0 Å². The molecule has 0 bridgehead atoms. The maximum absolute atomic E-state index is 12.7. The molecule has 8 heteroatoms. The zero-order chi connectivity index (χ0) is 22.7. The zero-order valence-corrected chi connectivity index (χ0v) is 16.7. The monoisotopic (exact) mass is 412 g/mol. The Hall–Kier alpha value is -3.81. The Labute approximate surface area is 171 Å². The van der Waals surface area contributed by atoms with E-state index >= 15 is 0 Å². The molecule has 0 fully saturated rings. The summed E-state index contributed by atoms with van der Waals surface area (Å²) in [5, 5.41) is 19.2. The second kappa shape index (κ2) is 8.69. The van der Waals surface area contributed by atoms with Crippen molar-refractivity contribution < 1.29 is 38.9 Å². The number of carboxylic acids is 2. The molecule has 0 aliphatic rings. The van der Waals surface area contributed by atoms with Crippen molar-refractivity contribution in [1.82, 2.24) is 0 Å². The third-order valence-electron chi connectivity index (χ3n) is 4.69. The fourth-order valence-corrected chi connectivity index (χ4v) is 3.39. The minimum absolute atomic E-state index is 0.0181. The second-order valence-electron chi connectivity index (χ2n) is 6.40. The number of hydrogen-bond donors (Lipinski definition) is 2. The molecule has 0 heterocycles. The first-order valence-electron chi connectivity index (χ1n) is 9.11. The predicted molar refractivity (Wildman–Crippen MR) is 108 cm³/mol. The summed E-state index contributed by atoms with van der Waals surface area (Å²) in [5.74, 6) is -5.10. The second-order valence-corrected chi connectivity index (χ2v) is 6.40. The molecule has 2 N–H and O–H groups in total. The van der Waals surface area contributed by atoms with Gasteiger partial charge in [-0.05, 0) is 24.6 Å². The first kappa shape index (κ1) is 22.5. The molecule has 2 aromatic carbocycles. The SMILES string of the molecule is C=CC(=O)Oc1ccc(C(=O)O)c2c(C(=O)O)c(C(=O)CC)c(C(=O)CC)c(C)c12. The van der Waals surface area contributed by atoms with Gasteiger partial charge < -0.3 is 14.9 Å². The van der Waals surface area contributed by atoms with Gasteiger partial charge >= 0.3 is 17.9 Å². The fourth-order valence-electron chi connectivity index (χ4n) is 3.39. The molecular weight excluding hydrogens is 392 g/mol. The van der Waals surface area contributed by atoms with Crippen molar-refractivity contribution in [3.8, 4) is 5.75 Å². The van der Waals surface area contributed by atoms with E-state index in [1.807, 2.05) is 0 Å². The van der Waals surface area contributed by atoms with E-state index in [0.29, 0.717) is 0 Å². The summed E-state index contributed by atoms with van der Waals surface area (Å²) in [6.45, 7) is 7.82. The van der Waals surface area contributed by atoms with Crippen molar-refractivity contribution in [2.75, 3.05) is 0 Å². The molecule has 0 saturated heterocycles. The van der Waals surface area contributed by atoms with Crippen molar-refractivity contribution in [1.29, 1.82) is 0 Å². The number of benzene rings is 2. The number of carbonyl (C=O) groups is 5. The van der Waals surface area contributed by atoms with E-state index < -0.39 is 40.6 Å². The van der Waals surface area contributed by atoms with Crippen LogP contribution in [0.15, 0.2) is 24.8 Å². The average molecular weight is 412 g/mol. The molecule has 0 saturated carbocycles. The van der Waals surface area contributed by atoms with Crippen LogP contribution in [0.25, 0.3) is 10.8 Å². The summed E-state index contributed by atoms with van der Waals surface area (Å²) in [6.07, 6.45) is 0.774. The lowest BCUT2D eigenvalue weighted by Gasteiger charge is -2.20. The molecule has 0 aliphatic heterocycles. The summed E-state index contributed by atoms with van der Waals surface area (Å²) < 4.78 is 5.18. The van der Waals surface area contributed by atoms with E-state index in [1.54, 1.807) is 6.92 Å². The van der Waals surface area contributed by atoms with E-state index in [2.05, 4.69) is 6.58 Å². The van der Waals surface area contributed by atoms with E-state index in [0.717, 1.165) is 12.1 Å². The van der Waals surface area contributed by atoms with Crippen molar-refractivity contribution in [3.05, 3.63) is 52.6 Å². The smallest absolute Gasteiger partial charge is 0.337 e. The first-order valence-corrected chi connectivity index (χ1v) is 9.11. The van der Waals surface area contributed by atoms with Gasteiger partial charge in [0.15, 0.2) is 11.6 Å². The fraction of sp³-hybridized carbons (Fsp3) is 0.227. The molecule has 8 nitrogen and oxygen atoms in total. The third-order valence-corrected chi connectivity index (χ3v) is 4.69. The van der Waals surface area contributed by atoms with Crippen LogP contribution >= 0.6 is 0 Å². The molecule has 0 amide bonds. The van der Waals surface area contributed by atoms with Gasteiger partial charge in [0.05, 0.1) is 11.1 Å². The topological polar surface area (TPSA) is 135 Å². The van der Waals surface area contributed by atoms with Crippen LogP contribution in [0.1, 0.15) is 73.7 Å². The molecule has 0 aliphatic carbocycles. The Morgan fingerprint density at radius 3 is 1.93 bits per heavy atom. The minimum atomic E-state index is -1.57. The van der Waals surface area contributed by atoms with Gasteiger partial charge in [-0.25, -0.2) is 14.4 Å². The highest BCUT2D eigenvalue weighted by Gasteiger charge is 2.32. The summed E-state index contributed by atoms with van der Waals surface area (Å²) in [5.41, 5.74) is -1.30. The zero-order valence-electron chi connectivity index (χ0n) is 16.7. The van der Waals surface area contributed by atoms with Gasteiger partial charge in [-0.3, -0.25) is 9.59 Å². The van der Waals surface area contributed by atoms with Crippen LogP contribution < -0.4 is 4.74 Å². The Morgan fingerprint density at radius 1 is 0.900 bits per heavy atom. The van der Waals surface area contributed by atoms with Gasteiger partial charge in [0.2, 0.25) is 0 Å². The van der Waals surface area contributed by atoms with E-state index in [-0.39, 0.29) is 46.1 Å². The molecule has 0 atom stereocenters. The van der Waals surface area contributed by atoms with Gasteiger partial charge in [0, 0.05) is 40.8 Å². The number of aromatic carboxylic acids is 2. The van der Waals surface area contributed by atoms with Crippen LogP contribution in [-0.2, 0) is 4.79 Å². The minimum Gasteiger partial charge on any atom is -0.478 e. The van der Waals surface area contributed by atoms with Crippen LogP contribution in [0.4, 0.5) is 0 Å². The Morgan fingerprint density at radius 2 is 1.47 bits per heavy atom. The Balaban J connectivity index is 3.29. The van der Waals surface area contributed by atoms with Gasteiger partial charge in [-0.2, -0.15) is 0 Å². The van der Waals surface area contributed by atoms with E-state index in [4.69, 9.17) is 4.74 Å². The largest absolute Gasteiger partial charge is 0.478 e. The number of ether oxygens (including phenoxy) is 1. The number of rotatable bonds is 8. The average Bonchev–Trinajstić information content (AvgIpc) is 2.71. The van der Waals surface area contributed by atoms with Crippen molar-refractivity contribution >= 4 is 40.2 Å². The van der Waals surface area contributed by atoms with Gasteiger partial charge in [0.25, 0.3) is 0 Å². The number of ketones is 2. The number of fused-ring (bicyclic) bond motifs is 1. The van der Waals surface area contributed by atoms with Gasteiger partial charge in [-0.1, -0.05) is 20.4 Å². The molecule has 0 radical (unpaired) electrons. The summed E-state index contributed by atoms with van der Waals surface area (Å²) in [4.78, 5) is 61.3. The molecule has 156 valence electrons. The van der Waals surface area contributed by atoms with Crippen molar-refractivity contribution in [2.45, 2.75) is 33.6 Å². The van der Waals surface area contributed by atoms with Crippen LogP contribution in [0.5, 0.6) is 5.75 Å². The number of esters is 1. The molecule has 30 heavy (non-hydrogen) atoms. The van der Waals surface area contributed by atoms with Crippen molar-refractivity contribution in [3.63, 3.8) is 0 Å². The van der Waals surface area contributed by atoms with Crippen molar-refractivity contribution in [2.24, 2.45) is 0 Å². The number of Topliss-reactive ketones (excluding diaryl/α,β-unsaturated/α-hetero) is 2. The maximum atomic E-state index is 12.7. The summed E-state index contributed by atoms with van der Waals surface area (Å²) in [7, 11) is 0. The Bertz CT molecular complexity index is 1120. The van der Waals surface area contributed by atoms with Gasteiger partial charge in [0.1, 0.15) is 5.75 Å². The number of carboxylic acid groups (broad SMARTS) is 2. The lowest BCUT2D eigenvalue weighted by molar-refractivity contribution is -0.128. The number of carbonyl (C=O) groups excluding carboxylic acids is 3. The lowest BCUT2D eigenvalue weighted by atomic mass is 9.83. The van der Waals surface area contributed by atoms with Crippen LogP contribution in [0, 0.1) is 6.92 Å². The molecule has 0 spiro atoms. The highest BCUT2D eigenvalue weighted by atomic mass is 16.5. The van der Waals surface area contributed by atoms with Crippen LogP contribution in [-0.4, -0.2) is 39.7 Å². The molecule has 2 rings (SSSR count). The van der Waals surface area contributed by atoms with Crippen LogP contribution in [0.3, 0.4) is 0 Å². The summed E-state index contributed by atoms with van der Waals surface area (Å²) >= 11 is 0. The van der Waals surface area contributed by atoms with E-state index in [9.17, 15) is 34.2 Å². The molecule has 0 unspecified atom stereocenters. The lowest BCUT2D eigenvalue weighted by Crippen LogP contribution is -2.19. The number of aryl methyl sites for hydroxylation is 1. The van der Waals surface area contributed by atoms with Crippen LogP contribution in [0.2, 0.25) is 0 Å².